The summed E-state index contributed by atoms with van der Waals surface area (Å²) in [6, 6.07) is 7.32. The van der Waals surface area contributed by atoms with E-state index in [0.717, 1.165) is 39.3 Å². The third kappa shape index (κ3) is 5.08. The molecule has 0 aromatic heterocycles. The Morgan fingerprint density at radius 1 is 1.33 bits per heavy atom. The Morgan fingerprint density at radius 3 is 2.95 bits per heavy atom. The number of nitrogens with zero attached hydrogens (tertiary/aromatic N) is 1. The molecule has 1 aliphatic heterocycles. The molecule has 5 nitrogen and oxygen atoms in total. The zero-order chi connectivity index (χ0) is 15.1. The van der Waals surface area contributed by atoms with Gasteiger partial charge in [0.2, 0.25) is 5.91 Å². The van der Waals surface area contributed by atoms with Crippen LogP contribution in [0, 0.1) is 0 Å². The van der Waals surface area contributed by atoms with E-state index >= 15 is 0 Å². The minimum absolute atomic E-state index is 0.0242. The van der Waals surface area contributed by atoms with E-state index in [0.29, 0.717) is 17.7 Å². The number of anilines is 1. The first-order chi connectivity index (χ1) is 10.2. The van der Waals surface area contributed by atoms with Gasteiger partial charge in [-0.2, -0.15) is 0 Å². The first-order valence-corrected chi connectivity index (χ1v) is 7.56. The lowest BCUT2D eigenvalue weighted by molar-refractivity contribution is -0.116. The number of rotatable bonds is 5. The molecule has 1 saturated heterocycles. The minimum atomic E-state index is -0.0242. The molecule has 1 aliphatic rings. The van der Waals surface area contributed by atoms with Gasteiger partial charge in [0, 0.05) is 38.2 Å². The summed E-state index contributed by atoms with van der Waals surface area (Å²) in [5.41, 5.74) is 7.03. The van der Waals surface area contributed by atoms with Crippen LogP contribution in [0.5, 0.6) is 0 Å². The van der Waals surface area contributed by atoms with Gasteiger partial charge in [-0.1, -0.05) is 24.4 Å². The van der Waals surface area contributed by atoms with Crippen molar-refractivity contribution in [3.05, 3.63) is 29.8 Å². The molecule has 1 aromatic carbocycles. The molecule has 2 rings (SSSR count). The molecule has 1 fully saturated rings. The molecular formula is C15H21N3O2S. The third-order valence-electron chi connectivity index (χ3n) is 3.44. The summed E-state index contributed by atoms with van der Waals surface area (Å²) in [7, 11) is 0. The van der Waals surface area contributed by atoms with Crippen molar-refractivity contribution in [3.8, 4) is 0 Å². The number of nitrogens with one attached hydrogen (secondary N) is 1. The van der Waals surface area contributed by atoms with Gasteiger partial charge in [0.15, 0.2) is 0 Å². The average molecular weight is 307 g/mol. The molecule has 0 aliphatic carbocycles. The SMILES string of the molecule is NC(=S)c1ccccc1NC(=O)CCN1CCCOCC1. The number of thiocarbonyl (C=S) groups is 1. The minimum Gasteiger partial charge on any atom is -0.389 e. The summed E-state index contributed by atoms with van der Waals surface area (Å²) < 4.78 is 5.40. The highest BCUT2D eigenvalue weighted by Gasteiger charge is 2.12. The number of nitrogens with two attached hydrogens (primary N) is 1. The molecule has 1 amide bonds. The van der Waals surface area contributed by atoms with Crippen LogP contribution in [0.3, 0.4) is 0 Å². The maximum absolute atomic E-state index is 12.1. The van der Waals surface area contributed by atoms with Crippen molar-refractivity contribution < 1.29 is 9.53 Å². The summed E-state index contributed by atoms with van der Waals surface area (Å²) in [6.07, 6.45) is 1.47. The van der Waals surface area contributed by atoms with Crippen molar-refractivity contribution in [1.29, 1.82) is 0 Å². The number of amides is 1. The summed E-state index contributed by atoms with van der Waals surface area (Å²) in [5.74, 6) is -0.0242. The Hall–Kier alpha value is -1.50. The van der Waals surface area contributed by atoms with Crippen molar-refractivity contribution in [2.75, 3.05) is 38.2 Å². The van der Waals surface area contributed by atoms with Gasteiger partial charge in [-0.25, -0.2) is 0 Å². The van der Waals surface area contributed by atoms with Crippen LogP contribution in [0.25, 0.3) is 0 Å². The second-order valence-electron chi connectivity index (χ2n) is 5.02. The molecular weight excluding hydrogens is 286 g/mol. The van der Waals surface area contributed by atoms with Crippen LogP contribution in [0.1, 0.15) is 18.4 Å². The molecule has 3 N–H and O–H groups in total. The highest BCUT2D eigenvalue weighted by molar-refractivity contribution is 7.80. The summed E-state index contributed by atoms with van der Waals surface area (Å²) >= 11 is 4.99. The van der Waals surface area contributed by atoms with E-state index in [1.165, 1.54) is 0 Å². The number of para-hydroxylation sites is 1. The zero-order valence-electron chi connectivity index (χ0n) is 12.0. The molecule has 6 heteroatoms. The molecule has 0 bridgehead atoms. The fourth-order valence-corrected chi connectivity index (χ4v) is 2.48. The van der Waals surface area contributed by atoms with Crippen LogP contribution in [-0.4, -0.2) is 48.6 Å². The van der Waals surface area contributed by atoms with Crippen molar-refractivity contribution in [1.82, 2.24) is 4.90 Å². The molecule has 1 aromatic rings. The van der Waals surface area contributed by atoms with Gasteiger partial charge in [-0.15, -0.1) is 0 Å². The van der Waals surface area contributed by atoms with E-state index in [4.69, 9.17) is 22.7 Å². The maximum atomic E-state index is 12.1. The first kappa shape index (κ1) is 15.9. The van der Waals surface area contributed by atoms with E-state index in [2.05, 4.69) is 10.2 Å². The third-order valence-corrected chi connectivity index (χ3v) is 3.66. The van der Waals surface area contributed by atoms with E-state index in [-0.39, 0.29) is 10.9 Å². The molecule has 1 heterocycles. The van der Waals surface area contributed by atoms with Crippen molar-refractivity contribution in [2.45, 2.75) is 12.8 Å². The van der Waals surface area contributed by atoms with Crippen molar-refractivity contribution in [3.63, 3.8) is 0 Å². The summed E-state index contributed by atoms with van der Waals surface area (Å²) in [6.45, 7) is 4.16. The first-order valence-electron chi connectivity index (χ1n) is 7.15. The van der Waals surface area contributed by atoms with Crippen LogP contribution < -0.4 is 11.1 Å². The smallest absolute Gasteiger partial charge is 0.225 e. The number of carbonyl (C=O) groups is 1. The van der Waals surface area contributed by atoms with Crippen molar-refractivity contribution >= 4 is 28.8 Å². The Bertz CT molecular complexity index is 499. The Morgan fingerprint density at radius 2 is 2.14 bits per heavy atom. The van der Waals surface area contributed by atoms with Gasteiger partial charge in [-0.05, 0) is 18.6 Å². The lowest BCUT2D eigenvalue weighted by Crippen LogP contribution is -2.30. The second-order valence-corrected chi connectivity index (χ2v) is 5.46. The predicted molar refractivity (Wildman–Crippen MR) is 87.5 cm³/mol. The van der Waals surface area contributed by atoms with Gasteiger partial charge in [0.1, 0.15) is 4.99 Å². The fraction of sp³-hybridized carbons (Fsp3) is 0.467. The zero-order valence-corrected chi connectivity index (χ0v) is 12.8. The quantitative estimate of drug-likeness (QED) is 0.804. The van der Waals surface area contributed by atoms with Gasteiger partial charge >= 0.3 is 0 Å². The molecule has 0 atom stereocenters. The Kier molecular flexibility index (Phi) is 6.10. The summed E-state index contributed by atoms with van der Waals surface area (Å²) in [5, 5.41) is 2.88. The second kappa shape index (κ2) is 8.07. The van der Waals surface area contributed by atoms with Crippen molar-refractivity contribution in [2.24, 2.45) is 5.73 Å². The van der Waals surface area contributed by atoms with E-state index in [9.17, 15) is 4.79 Å². The van der Waals surface area contributed by atoms with Crippen LogP contribution in [0.4, 0.5) is 5.69 Å². The van der Waals surface area contributed by atoms with Gasteiger partial charge in [-0.3, -0.25) is 4.79 Å². The van der Waals surface area contributed by atoms with Crippen LogP contribution in [0.15, 0.2) is 24.3 Å². The fourth-order valence-electron chi connectivity index (χ4n) is 2.30. The maximum Gasteiger partial charge on any atom is 0.225 e. The van der Waals surface area contributed by atoms with E-state index < -0.39 is 0 Å². The van der Waals surface area contributed by atoms with E-state index in [1.807, 2.05) is 24.3 Å². The number of hydrogen-bond donors (Lipinski definition) is 2. The number of benzene rings is 1. The molecule has 0 spiro atoms. The van der Waals surface area contributed by atoms with Gasteiger partial charge < -0.3 is 20.7 Å². The number of carbonyl (C=O) groups excluding carboxylic acids is 1. The molecule has 0 radical (unpaired) electrons. The molecule has 114 valence electrons. The van der Waals surface area contributed by atoms with Gasteiger partial charge in [0.25, 0.3) is 0 Å². The van der Waals surface area contributed by atoms with E-state index in [1.54, 1.807) is 0 Å². The molecule has 0 saturated carbocycles. The largest absolute Gasteiger partial charge is 0.389 e. The normalized spacial score (nSPS) is 16.2. The van der Waals surface area contributed by atoms with Crippen LogP contribution in [-0.2, 0) is 9.53 Å². The van der Waals surface area contributed by atoms with Gasteiger partial charge in [0.05, 0.1) is 12.3 Å². The number of ether oxygens (including phenoxy) is 1. The topological polar surface area (TPSA) is 67.6 Å². The lowest BCUT2D eigenvalue weighted by atomic mass is 10.1. The highest BCUT2D eigenvalue weighted by atomic mass is 32.1. The Balaban J connectivity index is 1.85. The molecule has 21 heavy (non-hydrogen) atoms. The highest BCUT2D eigenvalue weighted by Crippen LogP contribution is 2.15. The predicted octanol–water partition coefficient (Wildman–Crippen LogP) is 1.37. The monoisotopic (exact) mass is 307 g/mol. The Labute approximate surface area is 130 Å². The summed E-state index contributed by atoms with van der Waals surface area (Å²) in [4.78, 5) is 14.6. The lowest BCUT2D eigenvalue weighted by Gasteiger charge is -2.18. The van der Waals surface area contributed by atoms with Crippen LogP contribution in [0.2, 0.25) is 0 Å². The standard InChI is InChI=1S/C15H21N3O2S/c16-15(21)12-4-1-2-5-13(12)17-14(19)6-8-18-7-3-10-20-11-9-18/h1-2,4-5H,3,6-11H2,(H2,16,21)(H,17,19). The molecule has 0 unspecified atom stereocenters. The van der Waals surface area contributed by atoms with Crippen LogP contribution >= 0.6 is 12.2 Å². The average Bonchev–Trinajstić information content (AvgIpc) is 2.74. The number of hydrogen-bond acceptors (Lipinski definition) is 4.